The zero-order valence-corrected chi connectivity index (χ0v) is 8.34. The number of nitrogens with zero attached hydrogens (tertiary/aromatic N) is 2. The summed E-state index contributed by atoms with van der Waals surface area (Å²) in [7, 11) is 0. The molecular formula is C9H10N4O3. The number of hydrogen-bond acceptors (Lipinski definition) is 5. The van der Waals surface area contributed by atoms with E-state index in [0.29, 0.717) is 18.8 Å². The standard InChI is InChI=1S/C9H10N4O3/c14-9-3-6(4-11-9)12-8-2-1-7(5-10-8)13(15)16/h1-2,5-6H,3-4H2,(H,10,12)(H,11,14). The molecule has 1 aliphatic heterocycles. The van der Waals surface area contributed by atoms with Crippen LogP contribution >= 0.6 is 0 Å². The van der Waals surface area contributed by atoms with Crippen LogP contribution in [0.1, 0.15) is 6.42 Å². The van der Waals surface area contributed by atoms with Crippen LogP contribution in [0.2, 0.25) is 0 Å². The van der Waals surface area contributed by atoms with Gasteiger partial charge in [-0.2, -0.15) is 0 Å². The Labute approximate surface area is 91.0 Å². The number of aromatic nitrogens is 1. The fraction of sp³-hybridized carbons (Fsp3) is 0.333. The number of nitro groups is 1. The molecule has 16 heavy (non-hydrogen) atoms. The molecule has 1 saturated heterocycles. The topological polar surface area (TPSA) is 97.2 Å². The molecule has 1 aromatic heterocycles. The largest absolute Gasteiger partial charge is 0.365 e. The van der Waals surface area contributed by atoms with Gasteiger partial charge in [0.2, 0.25) is 5.91 Å². The summed E-state index contributed by atoms with van der Waals surface area (Å²) in [6.45, 7) is 0.553. The Balaban J connectivity index is 2.00. The van der Waals surface area contributed by atoms with Crippen LogP contribution in [0.3, 0.4) is 0 Å². The molecule has 84 valence electrons. The number of rotatable bonds is 3. The van der Waals surface area contributed by atoms with Crippen molar-refractivity contribution in [2.75, 3.05) is 11.9 Å². The average Bonchev–Trinajstić information content (AvgIpc) is 2.65. The predicted octanol–water partition coefficient (Wildman–Crippen LogP) is 0.290. The van der Waals surface area contributed by atoms with E-state index >= 15 is 0 Å². The van der Waals surface area contributed by atoms with Crippen molar-refractivity contribution in [1.29, 1.82) is 0 Å². The van der Waals surface area contributed by atoms with Gasteiger partial charge < -0.3 is 10.6 Å². The second kappa shape index (κ2) is 4.13. The van der Waals surface area contributed by atoms with Gasteiger partial charge >= 0.3 is 0 Å². The van der Waals surface area contributed by atoms with Gasteiger partial charge in [-0.3, -0.25) is 14.9 Å². The maximum Gasteiger partial charge on any atom is 0.287 e. The molecular weight excluding hydrogens is 212 g/mol. The van der Waals surface area contributed by atoms with Gasteiger partial charge in [0.1, 0.15) is 12.0 Å². The molecule has 1 unspecified atom stereocenters. The second-order valence-corrected chi connectivity index (χ2v) is 3.51. The summed E-state index contributed by atoms with van der Waals surface area (Å²) in [4.78, 5) is 24.7. The van der Waals surface area contributed by atoms with Crippen LogP contribution < -0.4 is 10.6 Å². The van der Waals surface area contributed by atoms with Crippen LogP contribution in [0.5, 0.6) is 0 Å². The highest BCUT2D eigenvalue weighted by atomic mass is 16.6. The van der Waals surface area contributed by atoms with Gasteiger partial charge in [-0.05, 0) is 6.07 Å². The Morgan fingerprint density at radius 3 is 2.88 bits per heavy atom. The summed E-state index contributed by atoms with van der Waals surface area (Å²) in [5, 5.41) is 16.1. The van der Waals surface area contributed by atoms with E-state index < -0.39 is 4.92 Å². The van der Waals surface area contributed by atoms with Gasteiger partial charge in [0.25, 0.3) is 5.69 Å². The summed E-state index contributed by atoms with van der Waals surface area (Å²) in [6.07, 6.45) is 1.59. The van der Waals surface area contributed by atoms with Gasteiger partial charge in [0, 0.05) is 19.0 Å². The molecule has 7 heteroatoms. The molecule has 7 nitrogen and oxygen atoms in total. The van der Waals surface area contributed by atoms with Crippen molar-refractivity contribution in [3.63, 3.8) is 0 Å². The highest BCUT2D eigenvalue weighted by molar-refractivity contribution is 5.79. The number of carbonyl (C=O) groups excluding carboxylic acids is 1. The van der Waals surface area contributed by atoms with Crippen molar-refractivity contribution >= 4 is 17.4 Å². The summed E-state index contributed by atoms with van der Waals surface area (Å²) in [5.41, 5.74) is -0.0498. The SMILES string of the molecule is O=C1CC(Nc2ccc([N+](=O)[O-])cn2)CN1. The number of pyridine rings is 1. The molecule has 2 N–H and O–H groups in total. The predicted molar refractivity (Wildman–Crippen MR) is 55.9 cm³/mol. The first kappa shape index (κ1) is 10.3. The summed E-state index contributed by atoms with van der Waals surface area (Å²) in [6, 6.07) is 2.90. The average molecular weight is 222 g/mol. The molecule has 2 rings (SSSR count). The van der Waals surface area contributed by atoms with E-state index in [2.05, 4.69) is 15.6 Å². The van der Waals surface area contributed by atoms with E-state index in [9.17, 15) is 14.9 Å². The van der Waals surface area contributed by atoms with E-state index in [1.54, 1.807) is 0 Å². The zero-order valence-electron chi connectivity index (χ0n) is 8.34. The highest BCUT2D eigenvalue weighted by Crippen LogP contribution is 2.14. The minimum absolute atomic E-state index is 0.000545. The minimum atomic E-state index is -0.503. The lowest BCUT2D eigenvalue weighted by atomic mass is 10.2. The van der Waals surface area contributed by atoms with Crippen LogP contribution in [0.15, 0.2) is 18.3 Å². The molecule has 0 aromatic carbocycles. The molecule has 0 bridgehead atoms. The molecule has 1 atom stereocenters. The van der Waals surface area contributed by atoms with Crippen LogP contribution in [-0.2, 0) is 4.79 Å². The lowest BCUT2D eigenvalue weighted by Gasteiger charge is -2.09. The van der Waals surface area contributed by atoms with E-state index in [4.69, 9.17) is 0 Å². The fourth-order valence-electron chi connectivity index (χ4n) is 1.50. The van der Waals surface area contributed by atoms with Crippen LogP contribution in [-0.4, -0.2) is 28.4 Å². The first-order valence-electron chi connectivity index (χ1n) is 4.79. The second-order valence-electron chi connectivity index (χ2n) is 3.51. The zero-order chi connectivity index (χ0) is 11.5. The minimum Gasteiger partial charge on any atom is -0.365 e. The molecule has 1 fully saturated rings. The lowest BCUT2D eigenvalue weighted by molar-refractivity contribution is -0.385. The van der Waals surface area contributed by atoms with Gasteiger partial charge in [-0.15, -0.1) is 0 Å². The summed E-state index contributed by atoms with van der Waals surface area (Å²) in [5.74, 6) is 0.534. The lowest BCUT2D eigenvalue weighted by Crippen LogP contribution is -2.22. The fourth-order valence-corrected chi connectivity index (χ4v) is 1.50. The van der Waals surface area contributed by atoms with Crippen molar-refractivity contribution in [3.8, 4) is 0 Å². The number of hydrogen-bond donors (Lipinski definition) is 2. The van der Waals surface area contributed by atoms with E-state index in [1.165, 1.54) is 18.3 Å². The molecule has 2 heterocycles. The maximum absolute atomic E-state index is 10.9. The van der Waals surface area contributed by atoms with Crippen molar-refractivity contribution in [3.05, 3.63) is 28.4 Å². The summed E-state index contributed by atoms with van der Waals surface area (Å²) >= 11 is 0. The third-order valence-corrected chi connectivity index (χ3v) is 2.29. The van der Waals surface area contributed by atoms with Gasteiger partial charge in [-0.1, -0.05) is 0 Å². The summed E-state index contributed by atoms with van der Waals surface area (Å²) < 4.78 is 0. The number of nitrogens with one attached hydrogen (secondary N) is 2. The number of amides is 1. The Hall–Kier alpha value is -2.18. The van der Waals surface area contributed by atoms with Crippen LogP contribution in [0.25, 0.3) is 0 Å². The molecule has 1 aliphatic rings. The van der Waals surface area contributed by atoms with Crippen molar-refractivity contribution < 1.29 is 9.72 Å². The van der Waals surface area contributed by atoms with Crippen molar-refractivity contribution in [1.82, 2.24) is 10.3 Å². The van der Waals surface area contributed by atoms with Gasteiger partial charge in [-0.25, -0.2) is 4.98 Å². The number of anilines is 1. The first-order valence-corrected chi connectivity index (χ1v) is 4.79. The monoisotopic (exact) mass is 222 g/mol. The van der Waals surface area contributed by atoms with Gasteiger partial charge in [0.15, 0.2) is 0 Å². The van der Waals surface area contributed by atoms with Crippen LogP contribution in [0.4, 0.5) is 11.5 Å². The molecule has 0 radical (unpaired) electrons. The van der Waals surface area contributed by atoms with E-state index in [0.717, 1.165) is 0 Å². The maximum atomic E-state index is 10.9. The molecule has 0 aliphatic carbocycles. The van der Waals surface area contributed by atoms with Gasteiger partial charge in [0.05, 0.1) is 11.0 Å². The highest BCUT2D eigenvalue weighted by Gasteiger charge is 2.21. The number of carbonyl (C=O) groups is 1. The van der Waals surface area contributed by atoms with E-state index in [-0.39, 0.29) is 17.6 Å². The molecule has 0 spiro atoms. The smallest absolute Gasteiger partial charge is 0.287 e. The Bertz CT molecular complexity index is 417. The van der Waals surface area contributed by atoms with Crippen LogP contribution in [0, 0.1) is 10.1 Å². The Morgan fingerprint density at radius 2 is 2.38 bits per heavy atom. The molecule has 0 saturated carbocycles. The van der Waals surface area contributed by atoms with E-state index in [1.807, 2.05) is 0 Å². The molecule has 1 aromatic rings. The third kappa shape index (κ3) is 2.25. The van der Waals surface area contributed by atoms with Crippen molar-refractivity contribution in [2.24, 2.45) is 0 Å². The molecule has 1 amide bonds. The quantitative estimate of drug-likeness (QED) is 0.566. The Kier molecular flexibility index (Phi) is 2.67. The first-order chi connectivity index (χ1) is 7.65. The van der Waals surface area contributed by atoms with Crippen molar-refractivity contribution in [2.45, 2.75) is 12.5 Å². The Morgan fingerprint density at radius 1 is 1.56 bits per heavy atom. The normalized spacial score (nSPS) is 19.2. The third-order valence-electron chi connectivity index (χ3n) is 2.29.